The van der Waals surface area contributed by atoms with E-state index in [9.17, 15) is 0 Å². The van der Waals surface area contributed by atoms with Gasteiger partial charge in [-0.15, -0.1) is 0 Å². The van der Waals surface area contributed by atoms with Gasteiger partial charge < -0.3 is 4.43 Å². The van der Waals surface area contributed by atoms with Gasteiger partial charge in [0, 0.05) is 7.11 Å². The molecule has 10 heavy (non-hydrogen) atoms. The van der Waals surface area contributed by atoms with Crippen LogP contribution in [0.4, 0.5) is 0 Å². The van der Waals surface area contributed by atoms with Gasteiger partial charge in [0.1, 0.15) is 0 Å². The monoisotopic (exact) mass is 150 g/mol. The van der Waals surface area contributed by atoms with Gasteiger partial charge in [0.15, 0.2) is 0 Å². The van der Waals surface area contributed by atoms with Crippen molar-refractivity contribution in [1.82, 2.24) is 0 Å². The smallest absolute Gasteiger partial charge is 0.233 e. The van der Waals surface area contributed by atoms with Crippen LogP contribution in [0.1, 0.15) is 5.56 Å². The highest BCUT2D eigenvalue weighted by Gasteiger charge is 1.90. The maximum atomic E-state index is 4.97. The second-order valence-corrected chi connectivity index (χ2v) is 3.06. The van der Waals surface area contributed by atoms with Gasteiger partial charge in [0.05, 0.1) is 0 Å². The Balaban J connectivity index is 2.43. The second-order valence-electron chi connectivity index (χ2n) is 2.01. The lowest BCUT2D eigenvalue weighted by Crippen LogP contribution is -1.98. The van der Waals surface area contributed by atoms with Crippen molar-refractivity contribution in [3.05, 3.63) is 35.9 Å². The Labute approximate surface area is 64.0 Å². The lowest BCUT2D eigenvalue weighted by atomic mass is 10.2. The van der Waals surface area contributed by atoms with E-state index < -0.39 is 0 Å². The van der Waals surface area contributed by atoms with Gasteiger partial charge in [-0.3, -0.25) is 0 Å². The van der Waals surface area contributed by atoms with Crippen molar-refractivity contribution in [2.45, 2.75) is 6.04 Å². The van der Waals surface area contributed by atoms with Crippen molar-refractivity contribution in [3.8, 4) is 0 Å². The molecule has 1 aromatic rings. The first kappa shape index (κ1) is 7.50. The van der Waals surface area contributed by atoms with E-state index in [4.69, 9.17) is 4.43 Å². The molecule has 1 aromatic carbocycles. The Hall–Kier alpha value is -0.603. The molecule has 1 nitrogen and oxygen atoms in total. The zero-order chi connectivity index (χ0) is 7.23. The SMILES string of the molecule is CO[Si]Cc1ccccc1. The third kappa shape index (κ3) is 2.33. The van der Waals surface area contributed by atoms with Gasteiger partial charge in [0.25, 0.3) is 0 Å². The van der Waals surface area contributed by atoms with Crippen LogP contribution in [0, 0.1) is 0 Å². The summed E-state index contributed by atoms with van der Waals surface area (Å²) in [7, 11) is 2.33. The minimum Gasteiger partial charge on any atom is -0.420 e. The predicted octanol–water partition coefficient (Wildman–Crippen LogP) is 1.45. The van der Waals surface area contributed by atoms with E-state index in [1.54, 1.807) is 7.11 Å². The molecule has 0 aliphatic carbocycles. The Morgan fingerprint density at radius 1 is 1.30 bits per heavy atom. The van der Waals surface area contributed by atoms with Crippen LogP contribution < -0.4 is 0 Å². The summed E-state index contributed by atoms with van der Waals surface area (Å²) in [6.07, 6.45) is 0. The van der Waals surface area contributed by atoms with Crippen molar-refractivity contribution >= 4 is 9.76 Å². The average molecular weight is 150 g/mol. The summed E-state index contributed by atoms with van der Waals surface area (Å²) in [4.78, 5) is 0. The molecule has 0 fully saturated rings. The Kier molecular flexibility index (Phi) is 3.19. The van der Waals surface area contributed by atoms with Crippen molar-refractivity contribution in [3.63, 3.8) is 0 Å². The van der Waals surface area contributed by atoms with Crippen LogP contribution >= 0.6 is 0 Å². The zero-order valence-corrected chi connectivity index (χ0v) is 7.00. The third-order valence-corrected chi connectivity index (χ3v) is 2.10. The fourth-order valence-corrected chi connectivity index (χ4v) is 1.30. The first-order chi connectivity index (χ1) is 4.93. The summed E-state index contributed by atoms with van der Waals surface area (Å²) in [5.41, 5.74) is 1.35. The summed E-state index contributed by atoms with van der Waals surface area (Å²) in [5, 5.41) is 0. The molecule has 0 N–H and O–H groups in total. The van der Waals surface area contributed by atoms with E-state index in [2.05, 4.69) is 24.3 Å². The molecule has 0 amide bonds. The first-order valence-corrected chi connectivity index (χ1v) is 4.35. The highest BCUT2D eigenvalue weighted by atomic mass is 28.2. The number of rotatable bonds is 3. The molecule has 0 aliphatic rings. The van der Waals surface area contributed by atoms with Crippen LogP contribution in [0.3, 0.4) is 0 Å². The normalized spacial score (nSPS) is 9.70. The lowest BCUT2D eigenvalue weighted by molar-refractivity contribution is 0.441. The van der Waals surface area contributed by atoms with Gasteiger partial charge in [-0.05, 0) is 11.6 Å². The standard InChI is InChI=1S/C8H10OSi/c1-9-10-7-8-5-3-2-4-6-8/h2-6H,7H2,1H3. The maximum Gasteiger partial charge on any atom is 0.233 e. The Bertz CT molecular complexity index is 174. The molecule has 1 rings (SSSR count). The molecule has 0 aromatic heterocycles. The topological polar surface area (TPSA) is 9.23 Å². The number of hydrogen-bond acceptors (Lipinski definition) is 1. The largest absolute Gasteiger partial charge is 0.420 e. The summed E-state index contributed by atoms with van der Waals surface area (Å²) in [6, 6.07) is 11.4. The van der Waals surface area contributed by atoms with E-state index in [1.165, 1.54) is 5.56 Å². The second kappa shape index (κ2) is 4.25. The van der Waals surface area contributed by atoms with E-state index in [0.29, 0.717) is 9.76 Å². The molecule has 0 unspecified atom stereocenters. The molecule has 0 bridgehead atoms. The molecule has 0 atom stereocenters. The van der Waals surface area contributed by atoms with Crippen LogP contribution in [0.5, 0.6) is 0 Å². The third-order valence-electron chi connectivity index (χ3n) is 1.26. The lowest BCUT2D eigenvalue weighted by Gasteiger charge is -1.95. The summed E-state index contributed by atoms with van der Waals surface area (Å²) in [5.74, 6) is 0. The van der Waals surface area contributed by atoms with E-state index in [-0.39, 0.29) is 0 Å². The average Bonchev–Trinajstić information content (AvgIpc) is 2.03. The first-order valence-electron chi connectivity index (χ1n) is 3.23. The molecule has 2 heteroatoms. The molecule has 0 heterocycles. The molecule has 0 spiro atoms. The van der Waals surface area contributed by atoms with Crippen LogP contribution in [-0.2, 0) is 10.5 Å². The molecule has 0 aliphatic heterocycles. The van der Waals surface area contributed by atoms with E-state index in [1.807, 2.05) is 6.07 Å². The fourth-order valence-electron chi connectivity index (χ4n) is 0.751. The van der Waals surface area contributed by atoms with Crippen molar-refractivity contribution in [2.24, 2.45) is 0 Å². The molecular formula is C8H10OSi. The molecule has 0 saturated heterocycles. The predicted molar refractivity (Wildman–Crippen MR) is 42.9 cm³/mol. The zero-order valence-electron chi connectivity index (χ0n) is 6.00. The molecule has 52 valence electrons. The van der Waals surface area contributed by atoms with Gasteiger partial charge in [-0.2, -0.15) is 0 Å². The highest BCUT2D eigenvalue weighted by molar-refractivity contribution is 6.26. The van der Waals surface area contributed by atoms with Crippen LogP contribution in [-0.4, -0.2) is 16.9 Å². The fraction of sp³-hybridized carbons (Fsp3) is 0.250. The Morgan fingerprint density at radius 2 is 2.00 bits per heavy atom. The van der Waals surface area contributed by atoms with Gasteiger partial charge in [-0.25, -0.2) is 0 Å². The van der Waals surface area contributed by atoms with E-state index >= 15 is 0 Å². The summed E-state index contributed by atoms with van der Waals surface area (Å²) < 4.78 is 4.97. The maximum absolute atomic E-state index is 4.97. The van der Waals surface area contributed by atoms with Crippen LogP contribution in [0.25, 0.3) is 0 Å². The van der Waals surface area contributed by atoms with Gasteiger partial charge in [0.2, 0.25) is 9.76 Å². The quantitative estimate of drug-likeness (QED) is 0.593. The van der Waals surface area contributed by atoms with Crippen molar-refractivity contribution in [2.75, 3.05) is 7.11 Å². The van der Waals surface area contributed by atoms with Crippen LogP contribution in [0.2, 0.25) is 0 Å². The molecule has 0 saturated carbocycles. The minimum atomic E-state index is 0.592. The van der Waals surface area contributed by atoms with Gasteiger partial charge in [-0.1, -0.05) is 30.3 Å². The van der Waals surface area contributed by atoms with E-state index in [0.717, 1.165) is 6.04 Å². The van der Waals surface area contributed by atoms with Crippen molar-refractivity contribution in [1.29, 1.82) is 0 Å². The van der Waals surface area contributed by atoms with Crippen LogP contribution in [0.15, 0.2) is 30.3 Å². The van der Waals surface area contributed by atoms with Crippen molar-refractivity contribution < 1.29 is 4.43 Å². The van der Waals surface area contributed by atoms with Gasteiger partial charge >= 0.3 is 0 Å². The number of benzene rings is 1. The summed E-state index contributed by atoms with van der Waals surface area (Å²) >= 11 is 0. The summed E-state index contributed by atoms with van der Waals surface area (Å²) in [6.45, 7) is 0. The highest BCUT2D eigenvalue weighted by Crippen LogP contribution is 1.97. The molecular weight excluding hydrogens is 140 g/mol. The minimum absolute atomic E-state index is 0.592. The Morgan fingerprint density at radius 3 is 2.60 bits per heavy atom. The number of hydrogen-bond donors (Lipinski definition) is 0. The molecule has 2 radical (unpaired) electrons.